The van der Waals surface area contributed by atoms with Crippen molar-refractivity contribution in [1.82, 2.24) is 10.2 Å². The number of thioether (sulfide) groups is 1. The number of benzene rings is 1. The van der Waals surface area contributed by atoms with Crippen LogP contribution in [0.1, 0.15) is 25.8 Å². The SMILES string of the molecule is CC(=O)NCCSC1CC2C(C(C)O)C(=O)N2C1(Cc1ccccc1)C(=O)O. The van der Waals surface area contributed by atoms with Gasteiger partial charge in [0.1, 0.15) is 0 Å². The first-order chi connectivity index (χ1) is 13.3. The van der Waals surface area contributed by atoms with Gasteiger partial charge in [0.25, 0.3) is 0 Å². The van der Waals surface area contributed by atoms with E-state index in [1.165, 1.54) is 23.6 Å². The Morgan fingerprint density at radius 1 is 1.36 bits per heavy atom. The number of aliphatic hydroxyl groups is 1. The van der Waals surface area contributed by atoms with Crippen molar-refractivity contribution >= 4 is 29.5 Å². The van der Waals surface area contributed by atoms with E-state index >= 15 is 0 Å². The van der Waals surface area contributed by atoms with Crippen LogP contribution in [0.2, 0.25) is 0 Å². The molecule has 5 unspecified atom stereocenters. The van der Waals surface area contributed by atoms with Crippen LogP contribution in [-0.4, -0.2) is 68.1 Å². The number of amides is 2. The normalized spacial score (nSPS) is 29.8. The topological polar surface area (TPSA) is 107 Å². The van der Waals surface area contributed by atoms with E-state index < -0.39 is 23.5 Å². The van der Waals surface area contributed by atoms with Crippen LogP contribution in [0.4, 0.5) is 0 Å². The van der Waals surface area contributed by atoms with Crippen molar-refractivity contribution < 1.29 is 24.6 Å². The van der Waals surface area contributed by atoms with Gasteiger partial charge in [-0.1, -0.05) is 30.3 Å². The second-order valence-corrected chi connectivity index (χ2v) is 8.82. The molecule has 2 amide bonds. The minimum absolute atomic E-state index is 0.131. The highest BCUT2D eigenvalue weighted by atomic mass is 32.2. The summed E-state index contributed by atoms with van der Waals surface area (Å²) in [4.78, 5) is 37.9. The number of hydrogen-bond donors (Lipinski definition) is 3. The second-order valence-electron chi connectivity index (χ2n) is 7.51. The third-order valence-electron chi connectivity index (χ3n) is 5.69. The lowest BCUT2D eigenvalue weighted by molar-refractivity contribution is -0.178. The zero-order chi connectivity index (χ0) is 20.5. The fourth-order valence-corrected chi connectivity index (χ4v) is 5.88. The third kappa shape index (κ3) is 3.51. The van der Waals surface area contributed by atoms with Crippen LogP contribution in [-0.2, 0) is 20.8 Å². The number of rotatable bonds is 8. The van der Waals surface area contributed by atoms with E-state index in [9.17, 15) is 24.6 Å². The van der Waals surface area contributed by atoms with Gasteiger partial charge in [-0.05, 0) is 18.9 Å². The number of carboxylic acid groups (broad SMARTS) is 1. The smallest absolute Gasteiger partial charge is 0.331 e. The molecule has 1 aromatic rings. The van der Waals surface area contributed by atoms with Crippen molar-refractivity contribution in [2.24, 2.45) is 5.92 Å². The average Bonchev–Trinajstić information content (AvgIpc) is 2.89. The predicted molar refractivity (Wildman–Crippen MR) is 106 cm³/mol. The molecule has 3 rings (SSSR count). The van der Waals surface area contributed by atoms with Crippen LogP contribution < -0.4 is 5.32 Å². The zero-order valence-corrected chi connectivity index (χ0v) is 16.8. The summed E-state index contributed by atoms with van der Waals surface area (Å²) in [6, 6.07) is 9.04. The quantitative estimate of drug-likeness (QED) is 0.437. The molecule has 2 fully saturated rings. The number of nitrogens with zero attached hydrogens (tertiary/aromatic N) is 1. The van der Waals surface area contributed by atoms with Crippen LogP contribution in [0.25, 0.3) is 0 Å². The maximum atomic E-state index is 12.8. The van der Waals surface area contributed by atoms with Gasteiger partial charge in [0.2, 0.25) is 11.8 Å². The first-order valence-corrected chi connectivity index (χ1v) is 10.5. The first-order valence-electron chi connectivity index (χ1n) is 9.43. The number of aliphatic carboxylic acids is 1. The molecule has 3 N–H and O–H groups in total. The number of carbonyl (C=O) groups excluding carboxylic acids is 2. The van der Waals surface area contributed by atoms with Crippen molar-refractivity contribution in [1.29, 1.82) is 0 Å². The number of fused-ring (bicyclic) bond motifs is 1. The molecule has 2 aliphatic heterocycles. The van der Waals surface area contributed by atoms with Gasteiger partial charge in [-0.2, -0.15) is 11.8 Å². The Kier molecular flexibility index (Phi) is 6.00. The summed E-state index contributed by atoms with van der Waals surface area (Å²) in [6.07, 6.45) is -0.0684. The number of carboxylic acids is 1. The molecule has 0 aliphatic carbocycles. The van der Waals surface area contributed by atoms with Crippen LogP contribution in [0.15, 0.2) is 30.3 Å². The molecule has 28 heavy (non-hydrogen) atoms. The maximum Gasteiger partial charge on any atom is 0.331 e. The highest BCUT2D eigenvalue weighted by Gasteiger charge is 2.69. The molecule has 5 atom stereocenters. The van der Waals surface area contributed by atoms with Crippen LogP contribution >= 0.6 is 11.8 Å². The lowest BCUT2D eigenvalue weighted by Gasteiger charge is -2.51. The number of β-lactam (4-membered cyclic amide) rings is 1. The van der Waals surface area contributed by atoms with E-state index in [-0.39, 0.29) is 29.5 Å². The molecule has 0 aromatic heterocycles. The molecule has 8 heteroatoms. The standard InChI is InChI=1S/C20H26N2O5S/c1-12(23)17-15-10-16(28-9-8-21-13(2)24)20(19(26)27,22(15)18(17)25)11-14-6-4-3-5-7-14/h3-7,12,15-17,23H,8-11H2,1-2H3,(H,21,24)(H,26,27). The molecule has 2 aliphatic rings. The minimum Gasteiger partial charge on any atom is -0.479 e. The summed E-state index contributed by atoms with van der Waals surface area (Å²) < 4.78 is 0. The largest absolute Gasteiger partial charge is 0.479 e. The highest BCUT2D eigenvalue weighted by molar-refractivity contribution is 8.00. The van der Waals surface area contributed by atoms with E-state index in [1.54, 1.807) is 6.92 Å². The predicted octanol–water partition coefficient (Wildman–Crippen LogP) is 0.902. The third-order valence-corrected chi connectivity index (χ3v) is 7.11. The van der Waals surface area contributed by atoms with E-state index in [0.29, 0.717) is 18.7 Å². The summed E-state index contributed by atoms with van der Waals surface area (Å²) in [5, 5.41) is 22.7. The van der Waals surface area contributed by atoms with Crippen molar-refractivity contribution in [3.05, 3.63) is 35.9 Å². The average molecular weight is 407 g/mol. The molecule has 1 aromatic carbocycles. The van der Waals surface area contributed by atoms with Gasteiger partial charge in [0.05, 0.1) is 12.0 Å². The van der Waals surface area contributed by atoms with E-state index in [1.807, 2.05) is 30.3 Å². The Bertz CT molecular complexity index is 756. The minimum atomic E-state index is -1.35. The van der Waals surface area contributed by atoms with Crippen molar-refractivity contribution in [3.8, 4) is 0 Å². The number of hydrogen-bond acceptors (Lipinski definition) is 5. The molecule has 7 nitrogen and oxygen atoms in total. The Labute approximate surface area is 168 Å². The fraction of sp³-hybridized carbons (Fsp3) is 0.550. The van der Waals surface area contributed by atoms with Crippen molar-refractivity contribution in [2.45, 2.75) is 49.6 Å². The number of nitrogens with one attached hydrogen (secondary N) is 1. The van der Waals surface area contributed by atoms with Crippen LogP contribution in [0, 0.1) is 5.92 Å². The monoisotopic (exact) mass is 406 g/mol. The molecule has 0 radical (unpaired) electrons. The van der Waals surface area contributed by atoms with Gasteiger partial charge < -0.3 is 20.4 Å². The van der Waals surface area contributed by atoms with Gasteiger partial charge in [-0.15, -0.1) is 0 Å². The molecule has 2 heterocycles. The molecule has 0 spiro atoms. The molecule has 2 saturated heterocycles. The van der Waals surface area contributed by atoms with Gasteiger partial charge in [-0.25, -0.2) is 4.79 Å². The number of carbonyl (C=O) groups is 3. The molecule has 0 bridgehead atoms. The van der Waals surface area contributed by atoms with E-state index in [2.05, 4.69) is 5.32 Å². The summed E-state index contributed by atoms with van der Waals surface area (Å²) >= 11 is 1.47. The van der Waals surface area contributed by atoms with Gasteiger partial charge >= 0.3 is 5.97 Å². The molecular weight excluding hydrogens is 380 g/mol. The lowest BCUT2D eigenvalue weighted by Crippen LogP contribution is -2.71. The fourth-order valence-electron chi connectivity index (χ4n) is 4.47. The van der Waals surface area contributed by atoms with Crippen LogP contribution in [0.5, 0.6) is 0 Å². The maximum absolute atomic E-state index is 12.8. The van der Waals surface area contributed by atoms with Gasteiger partial charge in [-0.3, -0.25) is 9.59 Å². The summed E-state index contributed by atoms with van der Waals surface area (Å²) in [5.41, 5.74) is -0.499. The zero-order valence-electron chi connectivity index (χ0n) is 16.0. The Balaban J connectivity index is 1.89. The highest BCUT2D eigenvalue weighted by Crippen LogP contribution is 2.52. The van der Waals surface area contributed by atoms with E-state index in [4.69, 9.17) is 0 Å². The Morgan fingerprint density at radius 3 is 2.61 bits per heavy atom. The van der Waals surface area contributed by atoms with Gasteiger partial charge in [0.15, 0.2) is 5.54 Å². The van der Waals surface area contributed by atoms with Crippen molar-refractivity contribution in [2.75, 3.05) is 12.3 Å². The van der Waals surface area contributed by atoms with Gasteiger partial charge in [0, 0.05) is 36.9 Å². The molecule has 152 valence electrons. The Morgan fingerprint density at radius 2 is 2.04 bits per heavy atom. The number of aliphatic hydroxyl groups excluding tert-OH is 1. The summed E-state index contributed by atoms with van der Waals surface area (Å²) in [6.45, 7) is 3.46. The second kappa shape index (κ2) is 8.13. The lowest BCUT2D eigenvalue weighted by atomic mass is 9.81. The Hall–Kier alpha value is -2.06. The summed E-state index contributed by atoms with van der Waals surface area (Å²) in [5.74, 6) is -1.43. The van der Waals surface area contributed by atoms with E-state index in [0.717, 1.165) is 5.56 Å². The first kappa shape index (κ1) is 20.7. The molecule has 0 saturated carbocycles. The summed E-state index contributed by atoms with van der Waals surface area (Å²) in [7, 11) is 0. The van der Waals surface area contributed by atoms with Crippen molar-refractivity contribution in [3.63, 3.8) is 0 Å². The molecular formula is C20H26N2O5S. The van der Waals surface area contributed by atoms with Crippen LogP contribution in [0.3, 0.4) is 0 Å².